The van der Waals surface area contributed by atoms with Crippen LogP contribution >= 0.6 is 0 Å². The van der Waals surface area contributed by atoms with Crippen LogP contribution in [0.25, 0.3) is 19.4 Å². The first-order valence-corrected chi connectivity index (χ1v) is 40.0. The maximum atomic E-state index is 10.4. The second-order valence-corrected chi connectivity index (χ2v) is 38.5. The van der Waals surface area contributed by atoms with Crippen LogP contribution in [0.15, 0.2) is 47.1 Å². The number of aliphatic hydroxyl groups is 6. The van der Waals surface area contributed by atoms with Gasteiger partial charge in [0.1, 0.15) is 0 Å². The summed E-state index contributed by atoms with van der Waals surface area (Å²) in [6.07, 6.45) is 47.0. The van der Waals surface area contributed by atoms with E-state index in [1.807, 2.05) is 18.6 Å². The minimum atomic E-state index is -0.312. The van der Waals surface area contributed by atoms with E-state index in [4.69, 9.17) is 26.3 Å². The summed E-state index contributed by atoms with van der Waals surface area (Å²) in [6, 6.07) is 0. The predicted molar refractivity (Wildman–Crippen MR) is 382 cm³/mol. The third-order valence-corrected chi connectivity index (χ3v) is 35.6. The molecule has 0 heterocycles. The summed E-state index contributed by atoms with van der Waals surface area (Å²) in [5.41, 5.74) is 8.13. The fourth-order valence-corrected chi connectivity index (χ4v) is 30.4. The van der Waals surface area contributed by atoms with Gasteiger partial charge >= 0.3 is 0 Å². The maximum absolute atomic E-state index is 10.4. The molecule has 0 amide bonds. The Balaban J connectivity index is 0.000000116. The van der Waals surface area contributed by atoms with E-state index < -0.39 is 0 Å². The van der Waals surface area contributed by atoms with Gasteiger partial charge in [-0.2, -0.15) is 0 Å². The van der Waals surface area contributed by atoms with E-state index >= 15 is 0 Å². The number of allylic oxidation sites excluding steroid dienone is 4. The van der Waals surface area contributed by atoms with E-state index in [1.54, 1.807) is 6.20 Å². The van der Waals surface area contributed by atoms with Crippen LogP contribution in [-0.2, 0) is 0 Å². The van der Waals surface area contributed by atoms with Crippen molar-refractivity contribution >= 4 is 0 Å². The Hall–Kier alpha value is -3.32. The van der Waals surface area contributed by atoms with Gasteiger partial charge in [-0.25, -0.2) is 19.4 Å². The average molecular weight is 1310 g/mol. The zero-order chi connectivity index (χ0) is 68.1. The molecule has 16 aliphatic rings. The fourth-order valence-electron chi connectivity index (χ4n) is 30.4. The average Bonchev–Trinajstić information content (AvgIpc) is 1.31. The minimum Gasteiger partial charge on any atom is -0.396 e. The van der Waals surface area contributed by atoms with E-state index in [1.165, 1.54) is 151 Å². The number of nitrogens with zero attached hydrogens (tertiary/aromatic N) is 4. The van der Waals surface area contributed by atoms with Crippen molar-refractivity contribution in [2.45, 2.75) is 298 Å². The molecule has 0 aliphatic heterocycles. The molecule has 0 unspecified atom stereocenters. The zero-order valence-electron chi connectivity index (χ0n) is 60.9. The van der Waals surface area contributed by atoms with Crippen molar-refractivity contribution in [2.75, 3.05) is 13.2 Å². The lowest BCUT2D eigenvalue weighted by Gasteiger charge is -2.63. The van der Waals surface area contributed by atoms with Crippen LogP contribution in [0.1, 0.15) is 274 Å². The van der Waals surface area contributed by atoms with E-state index in [9.17, 15) is 30.6 Å². The molecule has 16 rings (SSSR count). The molecule has 0 aromatic carbocycles. The minimum absolute atomic E-state index is 0.0434. The summed E-state index contributed by atoms with van der Waals surface area (Å²) < 4.78 is 0. The molecule has 528 valence electrons. The Morgan fingerprint density at radius 1 is 0.333 bits per heavy atom. The van der Waals surface area contributed by atoms with Crippen molar-refractivity contribution in [1.29, 1.82) is 0 Å². The van der Waals surface area contributed by atoms with Gasteiger partial charge in [-0.1, -0.05) is 77.7 Å². The first kappa shape index (κ1) is 71.1. The van der Waals surface area contributed by atoms with Crippen LogP contribution in [0.3, 0.4) is 0 Å². The normalized spacial score (nSPS) is 53.8. The Morgan fingerprint density at radius 3 is 1.03 bits per heavy atom. The Morgan fingerprint density at radius 2 is 0.656 bits per heavy atom. The van der Waals surface area contributed by atoms with Crippen LogP contribution in [0.5, 0.6) is 0 Å². The molecule has 0 spiro atoms. The topological polar surface area (TPSA) is 139 Å². The zero-order valence-corrected chi connectivity index (χ0v) is 60.9. The summed E-state index contributed by atoms with van der Waals surface area (Å²) in [6.45, 7) is 49.2. The standard InChI is InChI=1S/2C22H33NO2.2C21H31NO/c1-21-9-8-17(25)10-15(21)4-6-18-19-7-5-16(12-23-3)22(19,2)11-14(13-24)20(18)21;1-21-9-8-19-17(18(21)7-5-16(21)12-23-3)6-4-15-10-20(25)14(13-24)11-22(15,19)2;2*1-20-10-8-16(23)12-14(20)4-6-17-18-7-5-15(13-22-3)21(18,2)11-9-19(17)20/h2*12,14-15,17-20,24-25H,4-11,13H2,1-2H3;2*13-14,16-19,23H,4-12H2,1-2H3/b2*16-12-;2*15-13-/t14-,15+,17-,18+,19+,20+,21+,22-;14-,15+,17+,18+,19+,20+,21-,22+;14-,16+,17-,18-,19-,20-,21+;14-,16-,17+,18+,19+,20+,21-/m1101/s1. The van der Waals surface area contributed by atoms with E-state index in [-0.39, 0.29) is 65.2 Å². The molecule has 0 bridgehead atoms. The SMILES string of the molecule is [C-]#[N+]/C=C1/CC[C@H]2[C@@H]3CC[C@@H]4C[C@H](O)CC[C@]4(C)[C@H]3CC[C@]12C.[C-]#[N+]/C=C1/CC[C@H]2[C@@H]3CC[C@H]4C[C@H](O)CC[C@]4(C)[C@H]3CC[C@]12C.[C-]#[N+]/C=C1/CC[C@H]2[C@@H]3CC[C@H]4C[C@H](O)CC[C@]4(C)[C@H]3[C@@H](CO)C[C@]12C.[C-]#[N+]/C=C1/CC[C@H]2[C@@H]3CC[C@H]4C[C@H](O)[C@@H](CO)C[C@]4(C)[C@H]3CC[C@]12C. The lowest BCUT2D eigenvalue weighted by atomic mass is 9.42. The van der Waals surface area contributed by atoms with Crippen molar-refractivity contribution in [1.82, 2.24) is 0 Å². The number of hydrogen-bond acceptors (Lipinski definition) is 6. The predicted octanol–water partition coefficient (Wildman–Crippen LogP) is 19.2. The highest BCUT2D eigenvalue weighted by Gasteiger charge is 2.65. The van der Waals surface area contributed by atoms with Gasteiger partial charge in [-0.15, -0.1) is 0 Å². The van der Waals surface area contributed by atoms with Gasteiger partial charge in [-0.05, 0) is 362 Å². The molecular formula is C86H128N4O6. The van der Waals surface area contributed by atoms with Gasteiger partial charge in [-0.3, -0.25) is 0 Å². The Kier molecular flexibility index (Phi) is 20.1. The molecule has 0 saturated heterocycles. The molecule has 16 fully saturated rings. The monoisotopic (exact) mass is 1310 g/mol. The molecule has 0 aromatic rings. The van der Waals surface area contributed by atoms with Gasteiger partial charge in [0.05, 0.1) is 50.7 Å². The third kappa shape index (κ3) is 11.6. The highest BCUT2D eigenvalue weighted by Crippen LogP contribution is 2.73. The summed E-state index contributed by atoms with van der Waals surface area (Å²) in [5, 5.41) is 60.9. The Bertz CT molecular complexity index is 3060. The molecule has 0 radical (unpaired) electrons. The molecule has 6 N–H and O–H groups in total. The van der Waals surface area contributed by atoms with E-state index in [2.05, 4.69) is 74.8 Å². The Labute approximate surface area is 581 Å². The molecule has 16 saturated carbocycles. The molecule has 0 aromatic heterocycles. The quantitative estimate of drug-likeness (QED) is 0.152. The van der Waals surface area contributed by atoms with Crippen molar-refractivity contribution in [2.24, 2.45) is 150 Å². The maximum Gasteiger partial charge on any atom is 0.154 e. The molecule has 10 heteroatoms. The number of fused-ring (bicyclic) bond motifs is 20. The van der Waals surface area contributed by atoms with E-state index in [0.29, 0.717) is 57.2 Å². The third-order valence-electron chi connectivity index (χ3n) is 35.6. The number of hydrogen-bond donors (Lipinski definition) is 6. The molecular weight excluding hydrogens is 1180 g/mol. The van der Waals surface area contributed by atoms with Crippen LogP contribution in [-0.4, -0.2) is 68.3 Å². The van der Waals surface area contributed by atoms with Crippen molar-refractivity contribution < 1.29 is 30.6 Å². The summed E-state index contributed by atoms with van der Waals surface area (Å²) in [7, 11) is 0. The summed E-state index contributed by atoms with van der Waals surface area (Å²) >= 11 is 0. The van der Waals surface area contributed by atoms with Gasteiger partial charge in [0.25, 0.3) is 0 Å². The summed E-state index contributed by atoms with van der Waals surface area (Å²) in [4.78, 5) is 14.4. The van der Waals surface area contributed by atoms with Crippen molar-refractivity contribution in [3.63, 3.8) is 0 Å². The highest BCUT2D eigenvalue weighted by atomic mass is 16.3. The van der Waals surface area contributed by atoms with Crippen LogP contribution < -0.4 is 0 Å². The summed E-state index contributed by atoms with van der Waals surface area (Å²) in [5.74, 6) is 12.4. The van der Waals surface area contributed by atoms with Crippen LogP contribution in [0.2, 0.25) is 0 Å². The molecule has 16 aliphatic carbocycles. The molecule has 10 nitrogen and oxygen atoms in total. The van der Waals surface area contributed by atoms with Crippen molar-refractivity contribution in [3.8, 4) is 0 Å². The fraction of sp³-hybridized carbons (Fsp3) is 0.860. The van der Waals surface area contributed by atoms with Gasteiger partial charge in [0.2, 0.25) is 0 Å². The second-order valence-electron chi connectivity index (χ2n) is 38.5. The van der Waals surface area contributed by atoms with Crippen LogP contribution in [0.4, 0.5) is 0 Å². The van der Waals surface area contributed by atoms with Crippen LogP contribution in [0, 0.1) is 176 Å². The lowest BCUT2D eigenvalue weighted by molar-refractivity contribution is -0.150. The number of aliphatic hydroxyl groups excluding tert-OH is 6. The largest absolute Gasteiger partial charge is 0.396 e. The second kappa shape index (κ2) is 27.1. The van der Waals surface area contributed by atoms with Crippen molar-refractivity contribution in [3.05, 3.63) is 92.8 Å². The highest BCUT2D eigenvalue weighted by molar-refractivity contribution is 5.30. The van der Waals surface area contributed by atoms with Gasteiger partial charge in [0.15, 0.2) is 24.8 Å². The lowest BCUT2D eigenvalue weighted by Crippen LogP contribution is -2.57. The smallest absolute Gasteiger partial charge is 0.154 e. The first-order chi connectivity index (χ1) is 45.8. The molecule has 30 atom stereocenters. The molecule has 96 heavy (non-hydrogen) atoms. The van der Waals surface area contributed by atoms with Gasteiger partial charge in [0, 0.05) is 19.1 Å². The van der Waals surface area contributed by atoms with Gasteiger partial charge < -0.3 is 30.6 Å². The first-order valence-electron chi connectivity index (χ1n) is 40.0. The number of rotatable bonds is 2. The van der Waals surface area contributed by atoms with E-state index in [0.717, 1.165) is 155 Å².